The third-order valence-corrected chi connectivity index (χ3v) is 5.77. The van der Waals surface area contributed by atoms with Crippen LogP contribution in [0.15, 0.2) is 42.7 Å². The molecule has 0 saturated carbocycles. The minimum Gasteiger partial charge on any atom is -0.494 e. The van der Waals surface area contributed by atoms with Gasteiger partial charge in [0, 0.05) is 24.6 Å². The van der Waals surface area contributed by atoms with E-state index in [0.29, 0.717) is 23.2 Å². The minimum atomic E-state index is -0.501. The zero-order valence-electron chi connectivity index (χ0n) is 18.3. The average Bonchev–Trinajstić information content (AvgIpc) is 3.36. The van der Waals surface area contributed by atoms with Crippen molar-refractivity contribution in [1.29, 1.82) is 0 Å². The number of hydrogen-bond acceptors (Lipinski definition) is 6. The van der Waals surface area contributed by atoms with E-state index < -0.39 is 5.82 Å². The van der Waals surface area contributed by atoms with E-state index in [2.05, 4.69) is 25.5 Å². The maximum atomic E-state index is 15.0. The van der Waals surface area contributed by atoms with Crippen molar-refractivity contribution in [2.45, 2.75) is 38.6 Å². The fourth-order valence-corrected chi connectivity index (χ4v) is 4.14. The first-order valence-corrected chi connectivity index (χ1v) is 10.7. The van der Waals surface area contributed by atoms with Crippen LogP contribution in [-0.4, -0.2) is 36.6 Å². The molecule has 2 aromatic carbocycles. The van der Waals surface area contributed by atoms with Gasteiger partial charge in [0.2, 0.25) is 5.95 Å². The lowest BCUT2D eigenvalue weighted by atomic mass is 9.93. The molecule has 8 nitrogen and oxygen atoms in total. The number of rotatable bonds is 5. The fraction of sp³-hybridized carbons (Fsp3) is 0.304. The molecule has 0 amide bonds. The summed E-state index contributed by atoms with van der Waals surface area (Å²) in [5, 5.41) is 11.8. The smallest absolute Gasteiger partial charge is 0.246 e. The molecular weight excluding hydrogens is 428 g/mol. The van der Waals surface area contributed by atoms with Gasteiger partial charge >= 0.3 is 0 Å². The highest BCUT2D eigenvalue weighted by molar-refractivity contribution is 5.62. The summed E-state index contributed by atoms with van der Waals surface area (Å²) in [4.78, 5) is 8.76. The third-order valence-electron chi connectivity index (χ3n) is 5.77. The van der Waals surface area contributed by atoms with Crippen LogP contribution in [0.2, 0.25) is 0 Å². The Morgan fingerprint density at radius 3 is 2.64 bits per heavy atom. The molecule has 1 aliphatic heterocycles. The lowest BCUT2D eigenvalue weighted by Gasteiger charge is -2.14. The van der Waals surface area contributed by atoms with E-state index in [1.807, 2.05) is 4.68 Å². The first kappa shape index (κ1) is 21.0. The Morgan fingerprint density at radius 2 is 1.91 bits per heavy atom. The summed E-state index contributed by atoms with van der Waals surface area (Å²) in [5.74, 6) is 1.29. The number of halogens is 2. The van der Waals surface area contributed by atoms with Crippen LogP contribution >= 0.6 is 0 Å². The number of hydrogen-bond donors (Lipinski definition) is 1. The van der Waals surface area contributed by atoms with Crippen LogP contribution in [-0.2, 0) is 6.54 Å². The molecule has 0 aliphatic carbocycles. The quantitative estimate of drug-likeness (QED) is 0.481. The second-order valence-corrected chi connectivity index (χ2v) is 7.98. The van der Waals surface area contributed by atoms with Gasteiger partial charge in [0.15, 0.2) is 0 Å². The van der Waals surface area contributed by atoms with Gasteiger partial charge < -0.3 is 10.1 Å². The number of aromatic nitrogens is 6. The molecule has 170 valence electrons. The van der Waals surface area contributed by atoms with Crippen LogP contribution in [0.4, 0.5) is 20.4 Å². The molecule has 2 aromatic heterocycles. The van der Waals surface area contributed by atoms with Crippen molar-refractivity contribution in [1.82, 2.24) is 29.5 Å². The van der Waals surface area contributed by atoms with Crippen molar-refractivity contribution in [2.24, 2.45) is 0 Å². The highest BCUT2D eigenvalue weighted by Gasteiger charge is 2.25. The van der Waals surface area contributed by atoms with Crippen molar-refractivity contribution < 1.29 is 13.5 Å². The van der Waals surface area contributed by atoms with E-state index in [1.54, 1.807) is 25.1 Å². The Bertz CT molecular complexity index is 1280. The molecule has 0 spiro atoms. The standard InChI is InChI=1S/C23H23F2N7O/c1-14-26-13-32(29-14)20-11-18(25)19(12-21(20)33-2)27-23-28-22-17(5-3-4-10-31(22)30-23)15-6-8-16(24)9-7-15/h6-9,11-13,17H,3-5,10H2,1-2H3,(H,27,30). The molecular formula is C23H23F2N7O. The normalized spacial score (nSPS) is 15.7. The second-order valence-electron chi connectivity index (χ2n) is 7.98. The summed E-state index contributed by atoms with van der Waals surface area (Å²) < 4.78 is 37.2. The summed E-state index contributed by atoms with van der Waals surface area (Å²) in [5.41, 5.74) is 1.61. The van der Waals surface area contributed by atoms with E-state index in [0.717, 1.165) is 37.2 Å². The van der Waals surface area contributed by atoms with Crippen molar-refractivity contribution in [3.8, 4) is 11.4 Å². The molecule has 0 bridgehead atoms. The number of nitrogens with one attached hydrogen (secondary N) is 1. The average molecular weight is 451 g/mol. The monoisotopic (exact) mass is 451 g/mol. The van der Waals surface area contributed by atoms with Gasteiger partial charge in [0.25, 0.3) is 0 Å². The third kappa shape index (κ3) is 4.15. The number of ether oxygens (including phenoxy) is 1. The van der Waals surface area contributed by atoms with Crippen LogP contribution in [0.25, 0.3) is 5.69 Å². The molecule has 33 heavy (non-hydrogen) atoms. The fourth-order valence-electron chi connectivity index (χ4n) is 4.14. The molecule has 3 heterocycles. The topological polar surface area (TPSA) is 82.7 Å². The lowest BCUT2D eigenvalue weighted by molar-refractivity contribution is 0.410. The van der Waals surface area contributed by atoms with Crippen molar-refractivity contribution in [3.63, 3.8) is 0 Å². The Balaban J connectivity index is 1.47. The predicted octanol–water partition coefficient (Wildman–Crippen LogP) is 4.51. The molecule has 0 radical (unpaired) electrons. The summed E-state index contributed by atoms with van der Waals surface area (Å²) in [7, 11) is 1.51. The molecule has 0 fully saturated rings. The SMILES string of the molecule is COc1cc(Nc2nc3n(n2)CCCCC3c2ccc(F)cc2)c(F)cc1-n1cnc(C)n1. The molecule has 1 unspecified atom stereocenters. The van der Waals surface area contributed by atoms with Gasteiger partial charge in [0.1, 0.15) is 41.0 Å². The maximum absolute atomic E-state index is 15.0. The van der Waals surface area contributed by atoms with E-state index in [9.17, 15) is 8.78 Å². The van der Waals surface area contributed by atoms with Gasteiger partial charge in [-0.05, 0) is 37.5 Å². The molecule has 4 aromatic rings. The van der Waals surface area contributed by atoms with Gasteiger partial charge in [-0.3, -0.25) is 0 Å². The first-order valence-electron chi connectivity index (χ1n) is 10.7. The Labute approximate surface area is 189 Å². The Kier molecular flexibility index (Phi) is 5.49. The number of anilines is 2. The number of nitrogens with zero attached hydrogens (tertiary/aromatic N) is 6. The number of aryl methyl sites for hydroxylation is 2. The van der Waals surface area contributed by atoms with Gasteiger partial charge in [-0.15, -0.1) is 5.10 Å². The van der Waals surface area contributed by atoms with Crippen molar-refractivity contribution >= 4 is 11.6 Å². The van der Waals surface area contributed by atoms with E-state index in [-0.39, 0.29) is 17.4 Å². The van der Waals surface area contributed by atoms with Crippen molar-refractivity contribution in [3.05, 3.63) is 71.6 Å². The zero-order valence-corrected chi connectivity index (χ0v) is 18.3. The summed E-state index contributed by atoms with van der Waals surface area (Å²) in [6.45, 7) is 2.47. The summed E-state index contributed by atoms with van der Waals surface area (Å²) >= 11 is 0. The molecule has 0 saturated heterocycles. The summed E-state index contributed by atoms with van der Waals surface area (Å²) in [6, 6.07) is 9.36. The lowest BCUT2D eigenvalue weighted by Crippen LogP contribution is -2.08. The van der Waals surface area contributed by atoms with E-state index in [4.69, 9.17) is 4.74 Å². The Hall–Kier alpha value is -3.82. The number of benzene rings is 2. The molecule has 5 rings (SSSR count). The highest BCUT2D eigenvalue weighted by Crippen LogP contribution is 2.34. The van der Waals surface area contributed by atoms with Gasteiger partial charge in [-0.1, -0.05) is 18.6 Å². The van der Waals surface area contributed by atoms with Crippen LogP contribution in [0.1, 0.15) is 42.4 Å². The zero-order chi connectivity index (χ0) is 22.9. The highest BCUT2D eigenvalue weighted by atomic mass is 19.1. The first-order chi connectivity index (χ1) is 16.0. The number of fused-ring (bicyclic) bond motifs is 1. The molecule has 1 N–H and O–H groups in total. The molecule has 1 aliphatic rings. The van der Waals surface area contributed by atoms with Crippen LogP contribution in [0.3, 0.4) is 0 Å². The van der Waals surface area contributed by atoms with Crippen LogP contribution < -0.4 is 10.1 Å². The molecule has 1 atom stereocenters. The number of methoxy groups -OCH3 is 1. The van der Waals surface area contributed by atoms with Gasteiger partial charge in [-0.2, -0.15) is 10.1 Å². The predicted molar refractivity (Wildman–Crippen MR) is 118 cm³/mol. The largest absolute Gasteiger partial charge is 0.494 e. The maximum Gasteiger partial charge on any atom is 0.246 e. The van der Waals surface area contributed by atoms with Crippen LogP contribution in [0, 0.1) is 18.6 Å². The van der Waals surface area contributed by atoms with Crippen LogP contribution in [0.5, 0.6) is 5.75 Å². The second kappa shape index (κ2) is 8.61. The molecule has 10 heteroatoms. The van der Waals surface area contributed by atoms with E-state index >= 15 is 0 Å². The Morgan fingerprint density at radius 1 is 1.09 bits per heavy atom. The van der Waals surface area contributed by atoms with Crippen molar-refractivity contribution in [2.75, 3.05) is 12.4 Å². The van der Waals surface area contributed by atoms with Gasteiger partial charge in [-0.25, -0.2) is 23.1 Å². The van der Waals surface area contributed by atoms with E-state index in [1.165, 1.54) is 36.3 Å². The summed E-state index contributed by atoms with van der Waals surface area (Å²) in [6.07, 6.45) is 4.37. The van der Waals surface area contributed by atoms with Gasteiger partial charge in [0.05, 0.1) is 12.8 Å². The minimum absolute atomic E-state index is 0.00605.